The molecule has 2 N–H and O–H groups in total. The number of rotatable bonds is 4. The third-order valence-electron chi connectivity index (χ3n) is 3.71. The van der Waals surface area contributed by atoms with Crippen LogP contribution in [-0.4, -0.2) is 25.5 Å². The largest absolute Gasteiger partial charge is 0.417 e. The molecule has 1 amide bonds. The summed E-state index contributed by atoms with van der Waals surface area (Å²) >= 11 is 0. The quantitative estimate of drug-likeness (QED) is 0.898. The Morgan fingerprint density at radius 3 is 2.76 bits per heavy atom. The van der Waals surface area contributed by atoms with Gasteiger partial charge in [-0.3, -0.25) is 4.79 Å². The summed E-state index contributed by atoms with van der Waals surface area (Å²) in [5, 5.41) is 5.86. The van der Waals surface area contributed by atoms with E-state index in [-0.39, 0.29) is 5.56 Å². The lowest BCUT2D eigenvalue weighted by Gasteiger charge is -2.22. The number of nitrogens with one attached hydrogen (secondary N) is 2. The second kappa shape index (κ2) is 6.93. The predicted octanol–water partition coefficient (Wildman–Crippen LogP) is 2.82. The summed E-state index contributed by atoms with van der Waals surface area (Å²) in [5.74, 6) is -0.177. The smallest absolute Gasteiger partial charge is 0.352 e. The van der Waals surface area contributed by atoms with Crippen molar-refractivity contribution in [2.45, 2.75) is 25.4 Å². The van der Waals surface area contributed by atoms with Crippen LogP contribution >= 0.6 is 0 Å². The van der Waals surface area contributed by atoms with Crippen molar-refractivity contribution in [2.24, 2.45) is 5.92 Å². The van der Waals surface area contributed by atoms with Gasteiger partial charge in [-0.25, -0.2) is 0 Å². The Morgan fingerprint density at radius 2 is 2.10 bits per heavy atom. The van der Waals surface area contributed by atoms with Gasteiger partial charge < -0.3 is 10.6 Å². The van der Waals surface area contributed by atoms with E-state index in [1.165, 1.54) is 18.2 Å². The van der Waals surface area contributed by atoms with E-state index in [0.717, 1.165) is 38.4 Å². The van der Waals surface area contributed by atoms with Crippen LogP contribution in [0.4, 0.5) is 13.2 Å². The van der Waals surface area contributed by atoms with Gasteiger partial charge in [0.15, 0.2) is 0 Å². The first-order valence-corrected chi connectivity index (χ1v) is 7.13. The third-order valence-corrected chi connectivity index (χ3v) is 3.71. The molecule has 0 saturated carbocycles. The van der Waals surface area contributed by atoms with Crippen molar-refractivity contribution >= 4 is 5.91 Å². The van der Waals surface area contributed by atoms with Crippen molar-refractivity contribution in [3.8, 4) is 0 Å². The zero-order valence-electron chi connectivity index (χ0n) is 11.7. The molecule has 0 aromatic heterocycles. The molecule has 1 heterocycles. The monoisotopic (exact) mass is 300 g/mol. The van der Waals surface area contributed by atoms with Crippen molar-refractivity contribution in [1.82, 2.24) is 10.6 Å². The first-order chi connectivity index (χ1) is 9.98. The summed E-state index contributed by atoms with van der Waals surface area (Å²) in [6.07, 6.45) is -1.52. The molecular weight excluding hydrogens is 281 g/mol. The molecule has 0 aliphatic carbocycles. The fourth-order valence-electron chi connectivity index (χ4n) is 2.58. The molecular formula is C15H19F3N2O. The average molecular weight is 300 g/mol. The van der Waals surface area contributed by atoms with Gasteiger partial charge in [0.05, 0.1) is 11.1 Å². The minimum atomic E-state index is -4.51. The SMILES string of the molecule is O=C(NCCC1CCCNC1)c1ccccc1C(F)(F)F. The third kappa shape index (κ3) is 4.46. The van der Waals surface area contributed by atoms with Crippen LogP contribution in [0.1, 0.15) is 35.2 Å². The Kier molecular flexibility index (Phi) is 5.22. The number of amides is 1. The Bertz CT molecular complexity index is 482. The fourth-order valence-corrected chi connectivity index (χ4v) is 2.58. The Hall–Kier alpha value is -1.56. The van der Waals surface area contributed by atoms with Gasteiger partial charge in [-0.15, -0.1) is 0 Å². The lowest BCUT2D eigenvalue weighted by atomic mass is 9.96. The number of hydrogen-bond acceptors (Lipinski definition) is 2. The van der Waals surface area contributed by atoms with E-state index in [9.17, 15) is 18.0 Å². The zero-order chi connectivity index (χ0) is 15.3. The Morgan fingerprint density at radius 1 is 1.33 bits per heavy atom. The summed E-state index contributed by atoms with van der Waals surface area (Å²) in [6.45, 7) is 2.33. The van der Waals surface area contributed by atoms with Crippen LogP contribution in [0.25, 0.3) is 0 Å². The predicted molar refractivity (Wildman–Crippen MR) is 74.0 cm³/mol. The highest BCUT2D eigenvalue weighted by Crippen LogP contribution is 2.31. The number of carbonyl (C=O) groups excluding carboxylic acids is 1. The standard InChI is InChI=1S/C15H19F3N2O/c16-15(17,18)13-6-2-1-5-12(13)14(21)20-9-7-11-4-3-8-19-10-11/h1-2,5-6,11,19H,3-4,7-10H2,(H,20,21). The molecule has 1 saturated heterocycles. The average Bonchev–Trinajstić information content (AvgIpc) is 2.47. The summed E-state index contributed by atoms with van der Waals surface area (Å²) in [7, 11) is 0. The van der Waals surface area contributed by atoms with E-state index in [1.807, 2.05) is 0 Å². The number of carbonyl (C=O) groups is 1. The van der Waals surface area contributed by atoms with E-state index in [2.05, 4.69) is 10.6 Å². The minimum absolute atomic E-state index is 0.313. The lowest BCUT2D eigenvalue weighted by molar-refractivity contribution is -0.137. The van der Waals surface area contributed by atoms with Crippen LogP contribution in [0.15, 0.2) is 24.3 Å². The first-order valence-electron chi connectivity index (χ1n) is 7.13. The molecule has 21 heavy (non-hydrogen) atoms. The molecule has 1 fully saturated rings. The van der Waals surface area contributed by atoms with E-state index >= 15 is 0 Å². The molecule has 0 spiro atoms. The zero-order valence-corrected chi connectivity index (χ0v) is 11.7. The molecule has 2 rings (SSSR count). The number of benzene rings is 1. The van der Waals surface area contributed by atoms with Gasteiger partial charge in [0, 0.05) is 6.54 Å². The molecule has 1 unspecified atom stereocenters. The molecule has 0 bridgehead atoms. The van der Waals surface area contributed by atoms with E-state index < -0.39 is 17.6 Å². The minimum Gasteiger partial charge on any atom is -0.352 e. The van der Waals surface area contributed by atoms with Crippen LogP contribution in [0, 0.1) is 5.92 Å². The van der Waals surface area contributed by atoms with Gasteiger partial charge >= 0.3 is 6.18 Å². The highest BCUT2D eigenvalue weighted by atomic mass is 19.4. The molecule has 1 aromatic rings. The molecule has 1 aliphatic rings. The van der Waals surface area contributed by atoms with Gasteiger partial charge in [-0.05, 0) is 50.4 Å². The molecule has 6 heteroatoms. The van der Waals surface area contributed by atoms with Gasteiger partial charge in [0.25, 0.3) is 5.91 Å². The summed E-state index contributed by atoms with van der Waals surface area (Å²) in [5.41, 5.74) is -1.20. The highest BCUT2D eigenvalue weighted by molar-refractivity contribution is 5.95. The molecule has 1 aromatic carbocycles. The number of alkyl halides is 3. The maximum Gasteiger partial charge on any atom is 0.417 e. The van der Waals surface area contributed by atoms with Crippen LogP contribution in [-0.2, 0) is 6.18 Å². The van der Waals surface area contributed by atoms with E-state index in [4.69, 9.17) is 0 Å². The molecule has 0 radical (unpaired) electrons. The normalized spacial score (nSPS) is 19.3. The van der Waals surface area contributed by atoms with Crippen molar-refractivity contribution in [2.75, 3.05) is 19.6 Å². The summed E-state index contributed by atoms with van der Waals surface area (Å²) < 4.78 is 38.5. The van der Waals surface area contributed by atoms with Crippen molar-refractivity contribution < 1.29 is 18.0 Å². The number of hydrogen-bond donors (Lipinski definition) is 2. The van der Waals surface area contributed by atoms with Crippen molar-refractivity contribution in [3.63, 3.8) is 0 Å². The second-order valence-corrected chi connectivity index (χ2v) is 5.30. The van der Waals surface area contributed by atoms with E-state index in [0.29, 0.717) is 12.5 Å². The molecule has 116 valence electrons. The van der Waals surface area contributed by atoms with Crippen LogP contribution in [0.2, 0.25) is 0 Å². The van der Waals surface area contributed by atoms with Gasteiger partial charge in [0.2, 0.25) is 0 Å². The maximum absolute atomic E-state index is 12.8. The number of piperidine rings is 1. The second-order valence-electron chi connectivity index (χ2n) is 5.30. The van der Waals surface area contributed by atoms with Crippen molar-refractivity contribution in [3.05, 3.63) is 35.4 Å². The van der Waals surface area contributed by atoms with Gasteiger partial charge in [-0.2, -0.15) is 13.2 Å². The van der Waals surface area contributed by atoms with Gasteiger partial charge in [-0.1, -0.05) is 12.1 Å². The number of halogens is 3. The molecule has 1 aliphatic heterocycles. The highest BCUT2D eigenvalue weighted by Gasteiger charge is 2.34. The van der Waals surface area contributed by atoms with Crippen LogP contribution < -0.4 is 10.6 Å². The first kappa shape index (κ1) is 15.8. The van der Waals surface area contributed by atoms with Crippen LogP contribution in [0.3, 0.4) is 0 Å². The lowest BCUT2D eigenvalue weighted by Crippen LogP contribution is -2.33. The fraction of sp³-hybridized carbons (Fsp3) is 0.533. The summed E-state index contributed by atoms with van der Waals surface area (Å²) in [4.78, 5) is 11.9. The van der Waals surface area contributed by atoms with Crippen LogP contribution in [0.5, 0.6) is 0 Å². The summed E-state index contributed by atoms with van der Waals surface area (Å²) in [6, 6.07) is 4.86. The maximum atomic E-state index is 12.8. The topological polar surface area (TPSA) is 41.1 Å². The van der Waals surface area contributed by atoms with E-state index in [1.54, 1.807) is 0 Å². The van der Waals surface area contributed by atoms with Gasteiger partial charge in [0.1, 0.15) is 0 Å². The molecule has 3 nitrogen and oxygen atoms in total. The Labute approximate surface area is 121 Å². The Balaban J connectivity index is 1.91. The molecule has 1 atom stereocenters. The van der Waals surface area contributed by atoms with Crippen molar-refractivity contribution in [1.29, 1.82) is 0 Å².